The Bertz CT molecular complexity index is 4180. The molecule has 0 aliphatic carbocycles. The third kappa shape index (κ3) is 8.07. The number of hydrogen-bond acceptors (Lipinski definition) is 5. The summed E-state index contributed by atoms with van der Waals surface area (Å²) in [5.41, 5.74) is 13.9. The summed E-state index contributed by atoms with van der Waals surface area (Å²) in [6, 6.07) is 65.6. The molecule has 5 nitrogen and oxygen atoms in total. The molecule has 0 saturated carbocycles. The quantitative estimate of drug-likeness (QED) is 0.149. The first kappa shape index (κ1) is 43.6. The van der Waals surface area contributed by atoms with Crippen LogP contribution in [0.4, 0.5) is 39.9 Å². The Labute approximate surface area is 469 Å². The number of anilines is 7. The number of pyridine rings is 1. The Balaban J connectivity index is 0.949. The van der Waals surface area contributed by atoms with Crippen molar-refractivity contribution in [1.82, 2.24) is 4.98 Å². The first-order valence-electron chi connectivity index (χ1n) is 29.6. The maximum Gasteiger partial charge on any atom is 0.185 e. The molecule has 6 heteroatoms. The largest absolute Gasteiger partial charge is 0.457 e. The van der Waals surface area contributed by atoms with E-state index in [4.69, 9.17) is 13.8 Å². The van der Waals surface area contributed by atoms with Crippen molar-refractivity contribution in [2.75, 3.05) is 21.4 Å². The molecule has 9 aromatic carbocycles. The monoisotopic (exact) mass is 1040 g/mol. The molecule has 10 aromatic rings. The van der Waals surface area contributed by atoms with Crippen LogP contribution in [0.15, 0.2) is 224 Å². The molecular weight excluding hydrogens is 965 g/mol. The fraction of sp³-hybridized carbons (Fsp3) is 0.181. The Hall–Kier alpha value is -8.45. The van der Waals surface area contributed by atoms with Crippen molar-refractivity contribution in [3.05, 3.63) is 241 Å². The van der Waals surface area contributed by atoms with Gasteiger partial charge in [0.1, 0.15) is 24.0 Å². The Morgan fingerprint density at radius 2 is 0.974 bits per heavy atom. The molecule has 0 atom stereocenters. The maximum atomic E-state index is 9.33. The fourth-order valence-corrected chi connectivity index (χ4v) is 17.7. The van der Waals surface area contributed by atoms with Crippen LogP contribution >= 0.6 is 0 Å². The van der Waals surface area contributed by atoms with Crippen molar-refractivity contribution in [1.29, 1.82) is 0 Å². The van der Waals surface area contributed by atoms with Gasteiger partial charge in [0, 0.05) is 40.8 Å². The van der Waals surface area contributed by atoms with Crippen molar-refractivity contribution < 1.29 is 11.6 Å². The van der Waals surface area contributed by atoms with E-state index in [0.29, 0.717) is 23.7 Å². The molecule has 0 amide bonds. The number of fused-ring (bicyclic) bond motifs is 10. The van der Waals surface area contributed by atoms with Gasteiger partial charge in [-0.25, -0.2) is 4.98 Å². The molecule has 0 N–H and O–H groups in total. The van der Waals surface area contributed by atoms with Gasteiger partial charge in [-0.2, -0.15) is 0 Å². The van der Waals surface area contributed by atoms with Gasteiger partial charge in [0.05, 0.1) is 29.6 Å². The summed E-state index contributed by atoms with van der Waals surface area (Å²) in [6.07, 6.45) is 1.94. The first-order valence-corrected chi connectivity index (χ1v) is 29.1. The third-order valence-electron chi connectivity index (χ3n) is 16.1. The number of aromatic nitrogens is 1. The van der Waals surface area contributed by atoms with Crippen LogP contribution in [0.2, 0.25) is 0 Å². The van der Waals surface area contributed by atoms with Crippen molar-refractivity contribution >= 4 is 68.8 Å². The van der Waals surface area contributed by atoms with Gasteiger partial charge < -0.3 is 14.5 Å². The van der Waals surface area contributed by atoms with Crippen LogP contribution in [0.5, 0.6) is 11.5 Å². The van der Waals surface area contributed by atoms with E-state index < -0.39 is 14.1 Å². The van der Waals surface area contributed by atoms with Crippen LogP contribution < -0.4 is 40.2 Å². The van der Waals surface area contributed by atoms with E-state index >= 15 is 0 Å². The van der Waals surface area contributed by atoms with E-state index in [1.165, 1.54) is 48.6 Å². The van der Waals surface area contributed by atoms with E-state index in [1.54, 1.807) is 0 Å². The standard InChI is InChI=1S/C72H66N4OSi/c1-70(2,3)50-39-40-73-68(44-50)76-62-33-17-20-36-66(62)78(64-34-18-13-27-58(64)59-28-14-19-35-65(59)78)67-38-37-55(46-63(67)76)77-54-26-21-25-53(45-54)74-47-75(61-32-16-15-31-60(61)74)69-56(48-23-11-10-12-24-48)29-22-30-57(69)49-41-51(71(4,5)6)43-52(42-49)72(7,8)9/h10-46H,47H2,1-9H3/i10D,11D,12D,23D,24D. The zero-order chi connectivity index (χ0) is 58.1. The van der Waals surface area contributed by atoms with Gasteiger partial charge in [0.25, 0.3) is 0 Å². The van der Waals surface area contributed by atoms with E-state index in [9.17, 15) is 2.74 Å². The molecule has 1 spiro atoms. The number of nitrogens with zero attached hydrogens (tertiary/aromatic N) is 4. The van der Waals surface area contributed by atoms with Crippen LogP contribution in [0.1, 0.15) is 85.9 Å². The lowest BCUT2D eigenvalue weighted by atomic mass is 9.78. The summed E-state index contributed by atoms with van der Waals surface area (Å²) in [6.45, 7) is 20.4. The van der Waals surface area contributed by atoms with Crippen molar-refractivity contribution in [2.24, 2.45) is 0 Å². The molecule has 0 saturated heterocycles. The summed E-state index contributed by atoms with van der Waals surface area (Å²) in [4.78, 5) is 12.0. The first-order chi connectivity index (χ1) is 39.6. The minimum atomic E-state index is -2.91. The highest BCUT2D eigenvalue weighted by molar-refractivity contribution is 7.23. The highest BCUT2D eigenvalue weighted by Crippen LogP contribution is 2.51. The zero-order valence-corrected chi connectivity index (χ0v) is 46.9. The van der Waals surface area contributed by atoms with Gasteiger partial charge in [0.15, 0.2) is 8.07 Å². The topological polar surface area (TPSA) is 31.8 Å². The second-order valence-electron chi connectivity index (χ2n) is 24.1. The number of benzene rings is 9. The van der Waals surface area contributed by atoms with Gasteiger partial charge in [-0.05, 0) is 124 Å². The number of hydrogen-bond donors (Lipinski definition) is 0. The van der Waals surface area contributed by atoms with Crippen LogP contribution in [-0.4, -0.2) is 19.7 Å². The van der Waals surface area contributed by atoms with Gasteiger partial charge >= 0.3 is 0 Å². The molecule has 0 unspecified atom stereocenters. The van der Waals surface area contributed by atoms with E-state index in [2.05, 4.69) is 229 Å². The molecule has 384 valence electrons. The Kier molecular flexibility index (Phi) is 10.3. The van der Waals surface area contributed by atoms with Crippen molar-refractivity contribution in [2.45, 2.75) is 78.6 Å². The molecule has 3 aliphatic rings. The van der Waals surface area contributed by atoms with Gasteiger partial charge in [0.2, 0.25) is 0 Å². The molecule has 4 heterocycles. The molecule has 1 aromatic heterocycles. The SMILES string of the molecule is [2H]c1c([2H])c([2H])c(-c2cccc(-c3cc(C(C)(C)C)cc(C(C)(C)C)c3)c2N2CN(c3cccc(Oc4ccc5c(c4)N(c4cc(C(C)(C)C)ccn4)c4ccccc4[Si]54c5ccccc5-c5ccccc54)c3)c3ccccc32)c([2H])c1[2H]. The van der Waals surface area contributed by atoms with Crippen molar-refractivity contribution in [3.63, 3.8) is 0 Å². The summed E-state index contributed by atoms with van der Waals surface area (Å²) < 4.78 is 52.0. The second-order valence-corrected chi connectivity index (χ2v) is 27.8. The van der Waals surface area contributed by atoms with Crippen molar-refractivity contribution in [3.8, 4) is 44.9 Å². The lowest BCUT2D eigenvalue weighted by molar-refractivity contribution is 0.483. The van der Waals surface area contributed by atoms with E-state index in [0.717, 1.165) is 51.1 Å². The third-order valence-corrected chi connectivity index (χ3v) is 21.1. The van der Waals surface area contributed by atoms with E-state index in [-0.39, 0.29) is 46.0 Å². The van der Waals surface area contributed by atoms with Gasteiger partial charge in [-0.3, -0.25) is 4.90 Å². The molecular formula is C72H66N4OSi. The van der Waals surface area contributed by atoms with Gasteiger partial charge in [-0.15, -0.1) is 0 Å². The fourth-order valence-electron chi connectivity index (χ4n) is 12.2. The minimum absolute atomic E-state index is 0.109. The Morgan fingerprint density at radius 3 is 1.63 bits per heavy atom. The van der Waals surface area contributed by atoms with Crippen LogP contribution in [0, 0.1) is 0 Å². The van der Waals surface area contributed by atoms with Gasteiger partial charge in [-0.1, -0.05) is 220 Å². The highest BCUT2D eigenvalue weighted by Gasteiger charge is 2.54. The van der Waals surface area contributed by atoms with E-state index in [1.807, 2.05) is 42.6 Å². The molecule has 3 aliphatic heterocycles. The average molecular weight is 1040 g/mol. The Morgan fingerprint density at radius 1 is 0.436 bits per heavy atom. The number of para-hydroxylation sites is 4. The molecule has 13 rings (SSSR count). The second kappa shape index (κ2) is 18.4. The summed E-state index contributed by atoms with van der Waals surface area (Å²) in [7, 11) is -2.91. The summed E-state index contributed by atoms with van der Waals surface area (Å²) in [5.74, 6) is 2.19. The van der Waals surface area contributed by atoms with Crippen LogP contribution in [-0.2, 0) is 16.2 Å². The zero-order valence-electron chi connectivity index (χ0n) is 50.9. The smallest absolute Gasteiger partial charge is 0.185 e. The summed E-state index contributed by atoms with van der Waals surface area (Å²) >= 11 is 0. The molecule has 0 bridgehead atoms. The molecule has 0 radical (unpaired) electrons. The normalized spacial score (nSPS) is 15.1. The number of rotatable bonds is 7. The molecule has 78 heavy (non-hydrogen) atoms. The lowest BCUT2D eigenvalue weighted by Crippen LogP contribution is -2.75. The van der Waals surface area contributed by atoms with Crippen LogP contribution in [0.3, 0.4) is 0 Å². The summed E-state index contributed by atoms with van der Waals surface area (Å²) in [5, 5.41) is 5.35. The van der Waals surface area contributed by atoms with Crippen LogP contribution in [0.25, 0.3) is 33.4 Å². The highest BCUT2D eigenvalue weighted by atomic mass is 28.3. The number of ether oxygens (including phenoxy) is 1. The molecule has 0 fully saturated rings. The predicted octanol–water partition coefficient (Wildman–Crippen LogP) is 16.5. The maximum absolute atomic E-state index is 9.33. The lowest BCUT2D eigenvalue weighted by Gasteiger charge is -2.43. The predicted molar refractivity (Wildman–Crippen MR) is 331 cm³/mol. The minimum Gasteiger partial charge on any atom is -0.457 e. The average Bonchev–Trinajstić information content (AvgIpc) is 2.67.